The van der Waals surface area contributed by atoms with Crippen molar-refractivity contribution in [2.75, 3.05) is 30.1 Å². The zero-order chi connectivity index (χ0) is 15.3. The van der Waals surface area contributed by atoms with Crippen LogP contribution in [0.25, 0.3) is 0 Å². The summed E-state index contributed by atoms with van der Waals surface area (Å²) in [6, 6.07) is -1.37. The number of hydrogen-bond donors (Lipinski definition) is 2. The van der Waals surface area contributed by atoms with E-state index in [2.05, 4.69) is 0 Å². The third-order valence-corrected chi connectivity index (χ3v) is 5.58. The Morgan fingerprint density at radius 1 is 1.50 bits per heavy atom. The highest BCUT2D eigenvalue weighted by Gasteiger charge is 2.36. The van der Waals surface area contributed by atoms with Crippen molar-refractivity contribution in [2.24, 2.45) is 5.73 Å². The van der Waals surface area contributed by atoms with Gasteiger partial charge >= 0.3 is 5.97 Å². The average molecular weight is 324 g/mol. The van der Waals surface area contributed by atoms with Crippen molar-refractivity contribution in [1.29, 1.82) is 0 Å². The number of nitrogens with zero attached hydrogens (tertiary/aromatic N) is 1. The van der Waals surface area contributed by atoms with Gasteiger partial charge in [0.25, 0.3) is 0 Å². The number of hydrogen-bond acceptors (Lipinski definition) is 6. The molecule has 1 amide bonds. The summed E-state index contributed by atoms with van der Waals surface area (Å²) in [5.74, 6) is -1.15. The Hall–Kier alpha value is -0.800. The third-order valence-electron chi connectivity index (χ3n) is 3.19. The lowest BCUT2D eigenvalue weighted by Crippen LogP contribution is -2.51. The Kier molecular flexibility index (Phi) is 6.28. The van der Waals surface area contributed by atoms with E-state index in [1.165, 1.54) is 0 Å². The SMILES string of the molecule is CSCC[C@@H](N)C(=O)N(CC(=O)O)C1CCS(=O)(=O)C1. The minimum Gasteiger partial charge on any atom is -0.480 e. The quantitative estimate of drug-likeness (QED) is 0.627. The van der Waals surface area contributed by atoms with Crippen LogP contribution >= 0.6 is 11.8 Å². The maximum absolute atomic E-state index is 12.2. The number of carboxylic acid groups (broad SMARTS) is 1. The Balaban J connectivity index is 2.78. The molecule has 1 saturated heterocycles. The largest absolute Gasteiger partial charge is 0.480 e. The molecule has 0 aliphatic carbocycles. The van der Waals surface area contributed by atoms with Crippen LogP contribution in [0.15, 0.2) is 0 Å². The van der Waals surface area contributed by atoms with Gasteiger partial charge in [0.2, 0.25) is 5.91 Å². The van der Waals surface area contributed by atoms with Gasteiger partial charge in [-0.3, -0.25) is 9.59 Å². The van der Waals surface area contributed by atoms with Gasteiger partial charge in [-0.25, -0.2) is 8.42 Å². The summed E-state index contributed by atoms with van der Waals surface area (Å²) in [6.45, 7) is -0.508. The normalized spacial score (nSPS) is 22.4. The van der Waals surface area contributed by atoms with Crippen molar-refractivity contribution in [3.8, 4) is 0 Å². The van der Waals surface area contributed by atoms with Crippen LogP contribution in [0.5, 0.6) is 0 Å². The van der Waals surface area contributed by atoms with Crippen molar-refractivity contribution in [3.05, 3.63) is 0 Å². The molecule has 1 aliphatic heterocycles. The van der Waals surface area contributed by atoms with E-state index in [9.17, 15) is 18.0 Å². The fourth-order valence-electron chi connectivity index (χ4n) is 2.14. The molecule has 116 valence electrons. The molecular weight excluding hydrogens is 304 g/mol. The highest BCUT2D eigenvalue weighted by atomic mass is 32.2. The van der Waals surface area contributed by atoms with Crippen LogP contribution in [-0.2, 0) is 19.4 Å². The molecule has 0 aromatic carbocycles. The van der Waals surface area contributed by atoms with Crippen LogP contribution in [0.3, 0.4) is 0 Å². The monoisotopic (exact) mass is 324 g/mol. The Morgan fingerprint density at radius 3 is 2.60 bits per heavy atom. The van der Waals surface area contributed by atoms with Crippen molar-refractivity contribution in [1.82, 2.24) is 4.90 Å². The van der Waals surface area contributed by atoms with E-state index in [-0.39, 0.29) is 17.9 Å². The maximum atomic E-state index is 12.2. The van der Waals surface area contributed by atoms with Gasteiger partial charge in [-0.1, -0.05) is 0 Å². The van der Waals surface area contributed by atoms with E-state index in [0.717, 1.165) is 4.90 Å². The number of carbonyl (C=O) groups is 2. The summed E-state index contributed by atoms with van der Waals surface area (Å²) in [5, 5.41) is 8.89. The lowest BCUT2D eigenvalue weighted by molar-refractivity contribution is -0.146. The van der Waals surface area contributed by atoms with Crippen molar-refractivity contribution >= 4 is 33.5 Å². The van der Waals surface area contributed by atoms with Crippen molar-refractivity contribution in [2.45, 2.75) is 24.9 Å². The van der Waals surface area contributed by atoms with Gasteiger partial charge in [0.05, 0.1) is 17.5 Å². The lowest BCUT2D eigenvalue weighted by atomic mass is 10.1. The number of carbonyl (C=O) groups excluding carboxylic acids is 1. The predicted octanol–water partition coefficient (Wildman–Crippen LogP) is -0.833. The molecule has 0 saturated carbocycles. The van der Waals surface area contributed by atoms with Crippen LogP contribution in [-0.4, -0.2) is 72.4 Å². The molecule has 7 nitrogen and oxygen atoms in total. The number of sulfone groups is 1. The van der Waals surface area contributed by atoms with Crippen LogP contribution in [0, 0.1) is 0 Å². The van der Waals surface area contributed by atoms with E-state index in [4.69, 9.17) is 10.8 Å². The molecule has 1 unspecified atom stereocenters. The van der Waals surface area contributed by atoms with Gasteiger partial charge in [0, 0.05) is 6.04 Å². The summed E-state index contributed by atoms with van der Waals surface area (Å²) in [5.41, 5.74) is 5.77. The highest BCUT2D eigenvalue weighted by Crippen LogP contribution is 2.19. The smallest absolute Gasteiger partial charge is 0.323 e. The number of aliphatic carboxylic acids is 1. The summed E-state index contributed by atoms with van der Waals surface area (Å²) < 4.78 is 23.0. The topological polar surface area (TPSA) is 118 Å². The molecule has 0 aromatic heterocycles. The maximum Gasteiger partial charge on any atom is 0.323 e. The van der Waals surface area contributed by atoms with E-state index in [1.54, 1.807) is 11.8 Å². The second-order valence-corrected chi connectivity index (χ2v) is 8.02. The molecule has 1 rings (SSSR count). The lowest BCUT2D eigenvalue weighted by Gasteiger charge is -2.29. The van der Waals surface area contributed by atoms with Gasteiger partial charge < -0.3 is 15.7 Å². The highest BCUT2D eigenvalue weighted by molar-refractivity contribution is 7.98. The number of thioether (sulfide) groups is 1. The van der Waals surface area contributed by atoms with Gasteiger partial charge in [-0.15, -0.1) is 0 Å². The molecule has 1 aliphatic rings. The molecule has 0 aromatic rings. The fraction of sp³-hybridized carbons (Fsp3) is 0.818. The zero-order valence-electron chi connectivity index (χ0n) is 11.3. The van der Waals surface area contributed by atoms with Crippen molar-refractivity contribution < 1.29 is 23.1 Å². The van der Waals surface area contributed by atoms with Crippen LogP contribution in [0.2, 0.25) is 0 Å². The number of nitrogens with two attached hydrogens (primary N) is 1. The van der Waals surface area contributed by atoms with E-state index in [1.807, 2.05) is 6.26 Å². The molecule has 20 heavy (non-hydrogen) atoms. The van der Waals surface area contributed by atoms with Crippen molar-refractivity contribution in [3.63, 3.8) is 0 Å². The zero-order valence-corrected chi connectivity index (χ0v) is 13.0. The summed E-state index contributed by atoms with van der Waals surface area (Å²) in [4.78, 5) is 24.2. The van der Waals surface area contributed by atoms with Crippen LogP contribution in [0.4, 0.5) is 0 Å². The molecule has 0 radical (unpaired) electrons. The minimum atomic E-state index is -3.18. The minimum absolute atomic E-state index is 0.0128. The van der Waals surface area contributed by atoms with E-state index < -0.39 is 40.3 Å². The second kappa shape index (κ2) is 7.28. The molecule has 1 heterocycles. The number of rotatable bonds is 7. The molecule has 3 N–H and O–H groups in total. The first kappa shape index (κ1) is 17.3. The molecule has 2 atom stereocenters. The first-order valence-corrected chi connectivity index (χ1v) is 9.45. The standard InChI is InChI=1S/C11H20N2O5S2/c1-19-4-2-9(12)11(16)13(6-10(14)15)8-3-5-20(17,18)7-8/h8-9H,2-7,12H2,1H3,(H,14,15)/t8?,9-/m1/s1. The van der Waals surface area contributed by atoms with Gasteiger partial charge in [-0.2, -0.15) is 11.8 Å². The molecule has 0 spiro atoms. The Bertz CT molecular complexity index is 465. The van der Waals surface area contributed by atoms with Crippen LogP contribution in [0.1, 0.15) is 12.8 Å². The van der Waals surface area contributed by atoms with E-state index in [0.29, 0.717) is 12.2 Å². The molecule has 0 bridgehead atoms. The summed E-state index contributed by atoms with van der Waals surface area (Å²) in [7, 11) is -3.18. The van der Waals surface area contributed by atoms with Gasteiger partial charge in [0.1, 0.15) is 6.54 Å². The first-order chi connectivity index (χ1) is 9.26. The molecule has 9 heteroatoms. The molecule has 1 fully saturated rings. The van der Waals surface area contributed by atoms with Gasteiger partial charge in [0.15, 0.2) is 9.84 Å². The Labute approximate surface area is 122 Å². The average Bonchev–Trinajstić information content (AvgIpc) is 2.72. The Morgan fingerprint density at radius 2 is 2.15 bits per heavy atom. The van der Waals surface area contributed by atoms with Gasteiger partial charge in [-0.05, 0) is 24.9 Å². The fourth-order valence-corrected chi connectivity index (χ4v) is 4.36. The summed E-state index contributed by atoms with van der Waals surface area (Å²) >= 11 is 1.54. The first-order valence-electron chi connectivity index (χ1n) is 6.24. The third kappa shape index (κ3) is 4.95. The second-order valence-electron chi connectivity index (χ2n) is 4.80. The predicted molar refractivity (Wildman–Crippen MR) is 77.4 cm³/mol. The van der Waals surface area contributed by atoms with E-state index >= 15 is 0 Å². The summed E-state index contributed by atoms with van der Waals surface area (Å²) in [6.07, 6.45) is 2.60. The van der Waals surface area contributed by atoms with Crippen LogP contribution < -0.4 is 5.73 Å². The molecular formula is C11H20N2O5S2. The number of carboxylic acids is 1. The number of amides is 1.